The normalized spacial score (nSPS) is 10.4. The third kappa shape index (κ3) is 3.98. The highest BCUT2D eigenvalue weighted by Gasteiger charge is 2.14. The van der Waals surface area contributed by atoms with Crippen molar-refractivity contribution in [3.05, 3.63) is 23.8 Å². The Morgan fingerprint density at radius 3 is 2.71 bits per heavy atom. The molecule has 4 heteroatoms. The molecular weight excluding hydrogens is 218 g/mol. The van der Waals surface area contributed by atoms with Crippen LogP contribution in [-0.4, -0.2) is 19.2 Å². The van der Waals surface area contributed by atoms with Gasteiger partial charge in [-0.05, 0) is 31.0 Å². The fraction of sp³-hybridized carbons (Fsp3) is 0.462. The van der Waals surface area contributed by atoms with E-state index in [-0.39, 0.29) is 0 Å². The van der Waals surface area contributed by atoms with Crippen LogP contribution < -0.4 is 10.5 Å². The summed E-state index contributed by atoms with van der Waals surface area (Å²) < 4.78 is 10.5. The van der Waals surface area contributed by atoms with Crippen LogP contribution >= 0.6 is 0 Å². The Balaban J connectivity index is 2.91. The second-order valence-electron chi connectivity index (χ2n) is 4.18. The van der Waals surface area contributed by atoms with Gasteiger partial charge in [-0.15, -0.1) is 0 Å². The van der Waals surface area contributed by atoms with Gasteiger partial charge in [-0.2, -0.15) is 0 Å². The number of carbonyl (C=O) groups is 1. The Labute approximate surface area is 102 Å². The quantitative estimate of drug-likeness (QED) is 0.631. The van der Waals surface area contributed by atoms with Crippen LogP contribution in [0.2, 0.25) is 0 Å². The largest absolute Gasteiger partial charge is 0.492 e. The molecule has 0 saturated heterocycles. The molecule has 0 atom stereocenters. The molecule has 0 spiro atoms. The first-order chi connectivity index (χ1) is 8.04. The zero-order chi connectivity index (χ0) is 12.8. The maximum Gasteiger partial charge on any atom is 0.341 e. The van der Waals surface area contributed by atoms with Gasteiger partial charge in [0.15, 0.2) is 0 Å². The van der Waals surface area contributed by atoms with Crippen molar-refractivity contribution < 1.29 is 14.3 Å². The summed E-state index contributed by atoms with van der Waals surface area (Å²) >= 11 is 0. The van der Waals surface area contributed by atoms with Gasteiger partial charge in [0, 0.05) is 5.69 Å². The van der Waals surface area contributed by atoms with E-state index < -0.39 is 5.97 Å². The monoisotopic (exact) mass is 237 g/mol. The maximum atomic E-state index is 11.7. The van der Waals surface area contributed by atoms with E-state index in [1.54, 1.807) is 25.1 Å². The fourth-order valence-corrected chi connectivity index (χ4v) is 1.30. The SMILES string of the molecule is CCOC(=O)c1cc(N)ccc1OCC(C)C. The second-order valence-corrected chi connectivity index (χ2v) is 4.18. The van der Waals surface area contributed by atoms with Crippen LogP contribution in [0.3, 0.4) is 0 Å². The summed E-state index contributed by atoms with van der Waals surface area (Å²) in [6.07, 6.45) is 0. The van der Waals surface area contributed by atoms with E-state index in [0.29, 0.717) is 36.1 Å². The van der Waals surface area contributed by atoms with Gasteiger partial charge >= 0.3 is 5.97 Å². The molecule has 0 aliphatic rings. The number of ether oxygens (including phenoxy) is 2. The zero-order valence-corrected chi connectivity index (χ0v) is 10.5. The lowest BCUT2D eigenvalue weighted by Gasteiger charge is -2.12. The van der Waals surface area contributed by atoms with Gasteiger partial charge in [0.25, 0.3) is 0 Å². The molecule has 0 aromatic heterocycles. The Bertz CT molecular complexity index is 388. The lowest BCUT2D eigenvalue weighted by Crippen LogP contribution is -2.11. The highest BCUT2D eigenvalue weighted by atomic mass is 16.5. The van der Waals surface area contributed by atoms with E-state index in [1.807, 2.05) is 13.8 Å². The minimum atomic E-state index is -0.404. The lowest BCUT2D eigenvalue weighted by atomic mass is 10.1. The van der Waals surface area contributed by atoms with Crippen LogP contribution in [0.1, 0.15) is 31.1 Å². The average Bonchev–Trinajstić information content (AvgIpc) is 2.27. The molecule has 17 heavy (non-hydrogen) atoms. The van der Waals surface area contributed by atoms with E-state index in [2.05, 4.69) is 0 Å². The Morgan fingerprint density at radius 2 is 2.12 bits per heavy atom. The van der Waals surface area contributed by atoms with Gasteiger partial charge in [-0.1, -0.05) is 13.8 Å². The number of carbonyl (C=O) groups excluding carboxylic acids is 1. The maximum absolute atomic E-state index is 11.7. The number of anilines is 1. The Hall–Kier alpha value is -1.71. The van der Waals surface area contributed by atoms with E-state index in [4.69, 9.17) is 15.2 Å². The first kappa shape index (κ1) is 13.4. The standard InChI is InChI=1S/C13H19NO3/c1-4-16-13(15)11-7-10(14)5-6-12(11)17-8-9(2)3/h5-7,9H,4,8,14H2,1-3H3. The minimum Gasteiger partial charge on any atom is -0.492 e. The zero-order valence-electron chi connectivity index (χ0n) is 10.5. The van der Waals surface area contributed by atoms with Gasteiger partial charge in [0.1, 0.15) is 11.3 Å². The van der Waals surface area contributed by atoms with E-state index in [1.165, 1.54) is 0 Å². The molecule has 0 heterocycles. The molecule has 0 fully saturated rings. The molecule has 94 valence electrons. The number of rotatable bonds is 5. The summed E-state index contributed by atoms with van der Waals surface area (Å²) in [5.74, 6) is 0.507. The molecule has 0 bridgehead atoms. The summed E-state index contributed by atoms with van der Waals surface area (Å²) in [4.78, 5) is 11.7. The molecule has 4 nitrogen and oxygen atoms in total. The lowest BCUT2D eigenvalue weighted by molar-refractivity contribution is 0.0521. The molecule has 0 radical (unpaired) electrons. The molecule has 0 aliphatic heterocycles. The van der Waals surface area contributed by atoms with Crippen LogP contribution in [0, 0.1) is 5.92 Å². The molecule has 0 aliphatic carbocycles. The van der Waals surface area contributed by atoms with Crippen molar-refractivity contribution in [2.75, 3.05) is 18.9 Å². The van der Waals surface area contributed by atoms with Gasteiger partial charge in [0.05, 0.1) is 13.2 Å². The molecule has 1 aromatic rings. The van der Waals surface area contributed by atoms with Crippen LogP contribution in [-0.2, 0) is 4.74 Å². The summed E-state index contributed by atoms with van der Waals surface area (Å²) in [6.45, 7) is 6.73. The molecule has 0 amide bonds. The second kappa shape index (κ2) is 6.13. The number of benzene rings is 1. The highest BCUT2D eigenvalue weighted by Crippen LogP contribution is 2.23. The van der Waals surface area contributed by atoms with Crippen LogP contribution in [0.5, 0.6) is 5.75 Å². The highest BCUT2D eigenvalue weighted by molar-refractivity contribution is 5.93. The first-order valence-corrected chi connectivity index (χ1v) is 5.74. The molecule has 0 unspecified atom stereocenters. The molecule has 1 rings (SSSR count). The van der Waals surface area contributed by atoms with Crippen LogP contribution in [0.25, 0.3) is 0 Å². The topological polar surface area (TPSA) is 61.5 Å². The minimum absolute atomic E-state index is 0.331. The van der Waals surface area contributed by atoms with Crippen molar-refractivity contribution in [1.82, 2.24) is 0 Å². The molecular formula is C13H19NO3. The third-order valence-corrected chi connectivity index (χ3v) is 2.07. The van der Waals surface area contributed by atoms with Gasteiger partial charge < -0.3 is 15.2 Å². The average molecular weight is 237 g/mol. The van der Waals surface area contributed by atoms with E-state index in [0.717, 1.165) is 0 Å². The van der Waals surface area contributed by atoms with Crippen molar-refractivity contribution in [2.45, 2.75) is 20.8 Å². The van der Waals surface area contributed by atoms with Crippen LogP contribution in [0.4, 0.5) is 5.69 Å². The van der Waals surface area contributed by atoms with Crippen molar-refractivity contribution in [3.63, 3.8) is 0 Å². The number of nitrogens with two attached hydrogens (primary N) is 1. The summed E-state index contributed by atoms with van der Waals surface area (Å²) in [6, 6.07) is 4.98. The summed E-state index contributed by atoms with van der Waals surface area (Å²) in [7, 11) is 0. The molecule has 2 N–H and O–H groups in total. The third-order valence-electron chi connectivity index (χ3n) is 2.07. The van der Waals surface area contributed by atoms with Gasteiger partial charge in [-0.3, -0.25) is 0 Å². The number of hydrogen-bond acceptors (Lipinski definition) is 4. The number of esters is 1. The fourth-order valence-electron chi connectivity index (χ4n) is 1.30. The van der Waals surface area contributed by atoms with Gasteiger partial charge in [0.2, 0.25) is 0 Å². The number of nitrogen functional groups attached to an aromatic ring is 1. The van der Waals surface area contributed by atoms with E-state index >= 15 is 0 Å². The summed E-state index contributed by atoms with van der Waals surface area (Å²) in [5.41, 5.74) is 6.55. The smallest absolute Gasteiger partial charge is 0.341 e. The predicted molar refractivity (Wildman–Crippen MR) is 67.1 cm³/mol. The van der Waals surface area contributed by atoms with Gasteiger partial charge in [-0.25, -0.2) is 4.79 Å². The Morgan fingerprint density at radius 1 is 1.41 bits per heavy atom. The van der Waals surface area contributed by atoms with Crippen molar-refractivity contribution in [2.24, 2.45) is 5.92 Å². The molecule has 1 aromatic carbocycles. The van der Waals surface area contributed by atoms with E-state index in [9.17, 15) is 4.79 Å². The van der Waals surface area contributed by atoms with Crippen molar-refractivity contribution in [3.8, 4) is 5.75 Å². The number of hydrogen-bond donors (Lipinski definition) is 1. The predicted octanol–water partition coefficient (Wildman–Crippen LogP) is 2.48. The summed E-state index contributed by atoms with van der Waals surface area (Å²) in [5, 5.41) is 0. The first-order valence-electron chi connectivity index (χ1n) is 5.74. The Kier molecular flexibility index (Phi) is 4.82. The van der Waals surface area contributed by atoms with Crippen molar-refractivity contribution >= 4 is 11.7 Å². The molecule has 0 saturated carbocycles. The van der Waals surface area contributed by atoms with Crippen molar-refractivity contribution in [1.29, 1.82) is 0 Å². The van der Waals surface area contributed by atoms with Crippen LogP contribution in [0.15, 0.2) is 18.2 Å².